The Morgan fingerprint density at radius 2 is 2.08 bits per heavy atom. The third kappa shape index (κ3) is 3.70. The quantitative estimate of drug-likeness (QED) is 0.747. The molecular weight excluding hydrogens is 348 g/mol. The third-order valence-electron chi connectivity index (χ3n) is 4.61. The van der Waals surface area contributed by atoms with Crippen LogP contribution in [-0.2, 0) is 11.2 Å². The molecule has 0 unspecified atom stereocenters. The molecule has 0 spiro atoms. The number of rotatable bonds is 5. The Hall–Kier alpha value is -2.48. The minimum atomic E-state index is 0.00322. The summed E-state index contributed by atoms with van der Waals surface area (Å²) in [6, 6.07) is 8.13. The van der Waals surface area contributed by atoms with Crippen LogP contribution in [0.2, 0.25) is 0 Å². The number of aromatic nitrogens is 4. The van der Waals surface area contributed by atoms with Crippen LogP contribution in [0.1, 0.15) is 36.5 Å². The fourth-order valence-corrected chi connectivity index (χ4v) is 4.11. The molecule has 1 N–H and O–H groups in total. The van der Waals surface area contributed by atoms with Crippen molar-refractivity contribution in [3.63, 3.8) is 0 Å². The Balaban J connectivity index is 1.35. The van der Waals surface area contributed by atoms with Gasteiger partial charge in [-0.1, -0.05) is 17.4 Å². The van der Waals surface area contributed by atoms with Crippen molar-refractivity contribution in [1.82, 2.24) is 19.8 Å². The number of aryl methyl sites for hydroxylation is 2. The maximum absolute atomic E-state index is 12.3. The summed E-state index contributed by atoms with van der Waals surface area (Å²) in [5.74, 6) is 0.768. The second kappa shape index (κ2) is 7.41. The van der Waals surface area contributed by atoms with Gasteiger partial charge < -0.3 is 10.2 Å². The fourth-order valence-electron chi connectivity index (χ4n) is 3.23. The minimum Gasteiger partial charge on any atom is -0.371 e. The van der Waals surface area contributed by atoms with Crippen LogP contribution in [0.4, 0.5) is 11.4 Å². The highest BCUT2D eigenvalue weighted by Crippen LogP contribution is 2.23. The number of hydrogen-bond donors (Lipinski definition) is 1. The lowest BCUT2D eigenvalue weighted by atomic mass is 10.1. The molecule has 0 bridgehead atoms. The molecule has 7 nitrogen and oxygen atoms in total. The molecule has 3 heterocycles. The Morgan fingerprint density at radius 1 is 1.23 bits per heavy atom. The maximum atomic E-state index is 12.3. The summed E-state index contributed by atoms with van der Waals surface area (Å²) in [6.45, 7) is 4.06. The molecule has 1 amide bonds. The van der Waals surface area contributed by atoms with Crippen LogP contribution < -0.4 is 10.2 Å². The van der Waals surface area contributed by atoms with E-state index in [-0.39, 0.29) is 5.91 Å². The molecule has 0 radical (unpaired) electrons. The highest BCUT2D eigenvalue weighted by atomic mass is 32.1. The first kappa shape index (κ1) is 17.0. The maximum Gasteiger partial charge on any atom is 0.234 e. The monoisotopic (exact) mass is 370 g/mol. The zero-order valence-corrected chi connectivity index (χ0v) is 15.6. The lowest BCUT2D eigenvalue weighted by Crippen LogP contribution is -2.29. The molecule has 2 aromatic heterocycles. The third-order valence-corrected chi connectivity index (χ3v) is 5.56. The lowest BCUT2D eigenvalue weighted by Gasteiger charge is -2.29. The van der Waals surface area contributed by atoms with Crippen molar-refractivity contribution in [2.24, 2.45) is 0 Å². The second-order valence-electron chi connectivity index (χ2n) is 6.58. The summed E-state index contributed by atoms with van der Waals surface area (Å²) in [6.07, 6.45) is 4.79. The van der Waals surface area contributed by atoms with Gasteiger partial charge in [-0.2, -0.15) is 9.61 Å². The molecule has 1 saturated heterocycles. The van der Waals surface area contributed by atoms with E-state index < -0.39 is 0 Å². The molecule has 1 fully saturated rings. The van der Waals surface area contributed by atoms with E-state index in [1.54, 1.807) is 4.52 Å². The van der Waals surface area contributed by atoms with Crippen molar-refractivity contribution in [2.45, 2.75) is 39.0 Å². The van der Waals surface area contributed by atoms with Gasteiger partial charge in [-0.3, -0.25) is 4.79 Å². The number of amides is 1. The highest BCUT2D eigenvalue weighted by molar-refractivity contribution is 7.16. The minimum absolute atomic E-state index is 0.00322. The standard InChI is InChI=1S/C18H22N6OS/c1-13-20-21-18-24(13)22-17(26-18)9-8-16(25)19-14-6-5-7-15(12-14)23-10-3-2-4-11-23/h5-7,12H,2-4,8-11H2,1H3,(H,19,25). The van der Waals surface area contributed by atoms with Crippen molar-refractivity contribution >= 4 is 33.6 Å². The average Bonchev–Trinajstić information content (AvgIpc) is 3.23. The van der Waals surface area contributed by atoms with Gasteiger partial charge in [0.25, 0.3) is 0 Å². The molecule has 0 atom stereocenters. The van der Waals surface area contributed by atoms with E-state index >= 15 is 0 Å². The summed E-state index contributed by atoms with van der Waals surface area (Å²) >= 11 is 1.48. The van der Waals surface area contributed by atoms with Crippen molar-refractivity contribution < 1.29 is 4.79 Å². The summed E-state index contributed by atoms with van der Waals surface area (Å²) in [5, 5.41) is 16.4. The molecule has 1 aliphatic heterocycles. The van der Waals surface area contributed by atoms with Crippen LogP contribution in [0.15, 0.2) is 24.3 Å². The van der Waals surface area contributed by atoms with E-state index in [9.17, 15) is 4.79 Å². The van der Waals surface area contributed by atoms with E-state index in [1.165, 1.54) is 36.3 Å². The van der Waals surface area contributed by atoms with E-state index in [1.807, 2.05) is 19.1 Å². The predicted molar refractivity (Wildman–Crippen MR) is 103 cm³/mol. The topological polar surface area (TPSA) is 75.4 Å². The van der Waals surface area contributed by atoms with Crippen LogP contribution >= 0.6 is 11.3 Å². The van der Waals surface area contributed by atoms with Crippen LogP contribution in [0.5, 0.6) is 0 Å². The first-order valence-corrected chi connectivity index (χ1v) is 9.83. The summed E-state index contributed by atoms with van der Waals surface area (Å²) in [5.41, 5.74) is 2.04. The van der Waals surface area contributed by atoms with Gasteiger partial charge in [-0.25, -0.2) is 0 Å². The zero-order chi connectivity index (χ0) is 17.9. The van der Waals surface area contributed by atoms with Crippen molar-refractivity contribution in [1.29, 1.82) is 0 Å². The number of nitrogens with zero attached hydrogens (tertiary/aromatic N) is 5. The number of carbonyl (C=O) groups excluding carboxylic acids is 1. The molecular formula is C18H22N6OS. The summed E-state index contributed by atoms with van der Waals surface area (Å²) in [7, 11) is 0. The average molecular weight is 370 g/mol. The normalized spacial score (nSPS) is 14.7. The van der Waals surface area contributed by atoms with Gasteiger partial charge in [-0.15, -0.1) is 10.2 Å². The molecule has 26 heavy (non-hydrogen) atoms. The number of carbonyl (C=O) groups is 1. The Labute approximate surface area is 156 Å². The molecule has 3 aromatic rings. The van der Waals surface area contributed by atoms with E-state index in [0.717, 1.165) is 34.6 Å². The fraction of sp³-hybridized carbons (Fsp3) is 0.444. The molecule has 136 valence electrons. The number of hydrogen-bond acceptors (Lipinski definition) is 6. The van der Waals surface area contributed by atoms with Crippen LogP contribution in [0.3, 0.4) is 0 Å². The van der Waals surface area contributed by atoms with Crippen molar-refractivity contribution in [3.05, 3.63) is 35.1 Å². The number of fused-ring (bicyclic) bond motifs is 1. The molecule has 4 rings (SSSR count). The molecule has 1 aliphatic rings. The predicted octanol–water partition coefficient (Wildman–Crippen LogP) is 3.06. The van der Waals surface area contributed by atoms with Crippen molar-refractivity contribution in [2.75, 3.05) is 23.3 Å². The largest absolute Gasteiger partial charge is 0.371 e. The Morgan fingerprint density at radius 3 is 2.88 bits per heavy atom. The van der Waals surface area contributed by atoms with Gasteiger partial charge in [0.15, 0.2) is 5.82 Å². The second-order valence-corrected chi connectivity index (χ2v) is 7.62. The molecule has 0 saturated carbocycles. The SMILES string of the molecule is Cc1nnc2sc(CCC(=O)Nc3cccc(N4CCCCC4)c3)nn12. The van der Waals surface area contributed by atoms with Crippen LogP contribution in [0.25, 0.3) is 4.96 Å². The first-order valence-electron chi connectivity index (χ1n) is 9.01. The summed E-state index contributed by atoms with van der Waals surface area (Å²) in [4.78, 5) is 15.5. The van der Waals surface area contributed by atoms with Gasteiger partial charge in [0, 0.05) is 37.3 Å². The lowest BCUT2D eigenvalue weighted by molar-refractivity contribution is -0.116. The van der Waals surface area contributed by atoms with E-state index in [0.29, 0.717) is 12.8 Å². The Kier molecular flexibility index (Phi) is 4.83. The van der Waals surface area contributed by atoms with Crippen LogP contribution in [0, 0.1) is 6.92 Å². The number of anilines is 2. The van der Waals surface area contributed by atoms with Crippen LogP contribution in [-0.4, -0.2) is 38.8 Å². The zero-order valence-electron chi connectivity index (χ0n) is 14.8. The molecule has 1 aromatic carbocycles. The van der Waals surface area contributed by atoms with Gasteiger partial charge in [0.1, 0.15) is 5.01 Å². The highest BCUT2D eigenvalue weighted by Gasteiger charge is 2.13. The summed E-state index contributed by atoms with van der Waals surface area (Å²) < 4.78 is 1.72. The number of nitrogens with one attached hydrogen (secondary N) is 1. The Bertz CT molecular complexity index is 911. The van der Waals surface area contributed by atoms with Gasteiger partial charge in [-0.05, 0) is 44.4 Å². The molecule has 0 aliphatic carbocycles. The smallest absolute Gasteiger partial charge is 0.234 e. The first-order chi connectivity index (χ1) is 12.7. The van der Waals surface area contributed by atoms with Gasteiger partial charge >= 0.3 is 0 Å². The van der Waals surface area contributed by atoms with E-state index in [4.69, 9.17) is 0 Å². The van der Waals surface area contributed by atoms with Gasteiger partial charge in [0.2, 0.25) is 10.9 Å². The molecule has 8 heteroatoms. The number of piperidine rings is 1. The van der Waals surface area contributed by atoms with E-state index in [2.05, 4.69) is 37.6 Å². The number of benzene rings is 1. The van der Waals surface area contributed by atoms with Gasteiger partial charge in [0.05, 0.1) is 0 Å². The van der Waals surface area contributed by atoms with Crippen molar-refractivity contribution in [3.8, 4) is 0 Å².